The van der Waals surface area contributed by atoms with Crippen molar-refractivity contribution in [3.8, 4) is 0 Å². The summed E-state index contributed by atoms with van der Waals surface area (Å²) >= 11 is 1.19. The minimum Gasteiger partial charge on any atom is -0.465 e. The van der Waals surface area contributed by atoms with Gasteiger partial charge in [-0.25, -0.2) is 0 Å². The third-order valence-corrected chi connectivity index (χ3v) is 3.21. The van der Waals surface area contributed by atoms with Gasteiger partial charge in [0.25, 0.3) is 0 Å². The molecule has 0 unspecified atom stereocenters. The summed E-state index contributed by atoms with van der Waals surface area (Å²) in [6.45, 7) is 8.11. The lowest BCUT2D eigenvalue weighted by Crippen LogP contribution is -2.16. The first-order chi connectivity index (χ1) is 9.32. The van der Waals surface area contributed by atoms with E-state index in [1.54, 1.807) is 13.0 Å². The van der Waals surface area contributed by atoms with Gasteiger partial charge >= 0.3 is 5.97 Å². The molecule has 0 aromatic carbocycles. The van der Waals surface area contributed by atoms with E-state index in [0.717, 1.165) is 5.69 Å². The normalized spacial score (nSPS) is 11.2. The number of nitrogens with one attached hydrogen (secondary N) is 1. The molecule has 0 radical (unpaired) electrons. The predicted molar refractivity (Wildman–Crippen MR) is 77.8 cm³/mol. The van der Waals surface area contributed by atoms with Gasteiger partial charge in [0.2, 0.25) is 11.8 Å². The topological polar surface area (TPSA) is 81.4 Å². The predicted octanol–water partition coefficient (Wildman–Crippen LogP) is 2.21. The molecule has 1 heterocycles. The number of nitrogens with zero attached hydrogens (tertiary/aromatic N) is 1. The number of rotatable bonds is 6. The summed E-state index contributed by atoms with van der Waals surface area (Å²) < 4.78 is 9.81. The van der Waals surface area contributed by atoms with Crippen LogP contribution in [0.25, 0.3) is 0 Å². The van der Waals surface area contributed by atoms with E-state index < -0.39 is 0 Å². The second-order valence-electron chi connectivity index (χ2n) is 5.17. The summed E-state index contributed by atoms with van der Waals surface area (Å²) in [5.41, 5.74) is 0.637. The Morgan fingerprint density at radius 3 is 2.65 bits per heavy atom. The molecule has 20 heavy (non-hydrogen) atoms. The van der Waals surface area contributed by atoms with Crippen molar-refractivity contribution in [1.82, 2.24) is 5.16 Å². The number of hydrogen-bond acceptors (Lipinski definition) is 6. The first kappa shape index (κ1) is 16.6. The molecule has 0 spiro atoms. The van der Waals surface area contributed by atoms with E-state index in [1.165, 1.54) is 11.8 Å². The quantitative estimate of drug-likeness (QED) is 0.811. The molecule has 0 aliphatic rings. The van der Waals surface area contributed by atoms with E-state index in [4.69, 9.17) is 9.26 Å². The van der Waals surface area contributed by atoms with Crippen LogP contribution in [0.3, 0.4) is 0 Å². The zero-order valence-electron chi connectivity index (χ0n) is 12.2. The maximum atomic E-state index is 11.6. The number of aromatic nitrogens is 1. The van der Waals surface area contributed by atoms with E-state index in [2.05, 4.69) is 10.5 Å². The highest BCUT2D eigenvalue weighted by atomic mass is 32.2. The molecular formula is C13H20N2O4S. The molecule has 7 heteroatoms. The molecule has 1 aromatic rings. The third kappa shape index (κ3) is 5.64. The summed E-state index contributed by atoms with van der Waals surface area (Å²) in [5.74, 6) is 0.0717. The smallest absolute Gasteiger partial charge is 0.315 e. The molecule has 1 rings (SSSR count). The van der Waals surface area contributed by atoms with Gasteiger partial charge in [-0.2, -0.15) is 0 Å². The van der Waals surface area contributed by atoms with Crippen LogP contribution < -0.4 is 5.32 Å². The number of carbonyl (C=O) groups excluding carboxylic acids is 2. The Morgan fingerprint density at radius 2 is 2.10 bits per heavy atom. The van der Waals surface area contributed by atoms with Crippen LogP contribution in [0.2, 0.25) is 0 Å². The van der Waals surface area contributed by atoms with Crippen LogP contribution in [0.4, 0.5) is 5.88 Å². The number of thioether (sulfide) groups is 1. The van der Waals surface area contributed by atoms with E-state index in [1.807, 2.05) is 20.8 Å². The second-order valence-corrected chi connectivity index (χ2v) is 6.16. The average Bonchev–Trinajstić information content (AvgIpc) is 2.77. The Kier molecular flexibility index (Phi) is 6.06. The number of amides is 1. The fourth-order valence-corrected chi connectivity index (χ4v) is 1.90. The van der Waals surface area contributed by atoms with Crippen LogP contribution >= 0.6 is 11.8 Å². The van der Waals surface area contributed by atoms with Gasteiger partial charge in [0, 0.05) is 11.5 Å². The van der Waals surface area contributed by atoms with Crippen molar-refractivity contribution in [2.24, 2.45) is 0 Å². The molecule has 0 saturated carbocycles. The maximum absolute atomic E-state index is 11.6. The Morgan fingerprint density at radius 1 is 1.40 bits per heavy atom. The summed E-state index contributed by atoms with van der Waals surface area (Å²) in [4.78, 5) is 22.7. The van der Waals surface area contributed by atoms with E-state index in [9.17, 15) is 9.59 Å². The second kappa shape index (κ2) is 7.33. The summed E-state index contributed by atoms with van der Waals surface area (Å²) in [6, 6.07) is 1.70. The summed E-state index contributed by atoms with van der Waals surface area (Å²) in [5, 5.41) is 6.50. The highest BCUT2D eigenvalue weighted by molar-refractivity contribution is 8.00. The van der Waals surface area contributed by atoms with Gasteiger partial charge in [-0.05, 0) is 6.92 Å². The van der Waals surface area contributed by atoms with Crippen molar-refractivity contribution in [3.05, 3.63) is 11.8 Å². The molecule has 112 valence electrons. The molecule has 0 atom stereocenters. The van der Waals surface area contributed by atoms with Crippen molar-refractivity contribution in [3.63, 3.8) is 0 Å². The number of hydrogen-bond donors (Lipinski definition) is 1. The van der Waals surface area contributed by atoms with Gasteiger partial charge in [-0.3, -0.25) is 14.9 Å². The lowest BCUT2D eigenvalue weighted by Gasteiger charge is -2.12. The summed E-state index contributed by atoms with van der Waals surface area (Å²) in [6.07, 6.45) is 0. The van der Waals surface area contributed by atoms with Crippen molar-refractivity contribution in [1.29, 1.82) is 0 Å². The largest absolute Gasteiger partial charge is 0.465 e. The van der Waals surface area contributed by atoms with Crippen molar-refractivity contribution in [2.45, 2.75) is 33.1 Å². The molecule has 0 fully saturated rings. The molecule has 1 aromatic heterocycles. The highest BCUT2D eigenvalue weighted by Gasteiger charge is 2.19. The Hall–Kier alpha value is -1.50. The molecule has 6 nitrogen and oxygen atoms in total. The zero-order chi connectivity index (χ0) is 15.2. The van der Waals surface area contributed by atoms with Crippen LogP contribution in [0.1, 0.15) is 33.4 Å². The van der Waals surface area contributed by atoms with Gasteiger partial charge in [0.1, 0.15) is 0 Å². The van der Waals surface area contributed by atoms with E-state index in [0.29, 0.717) is 12.5 Å². The van der Waals surface area contributed by atoms with E-state index >= 15 is 0 Å². The molecule has 0 bridgehead atoms. The third-order valence-electron chi connectivity index (χ3n) is 2.30. The number of carbonyl (C=O) groups is 2. The summed E-state index contributed by atoms with van der Waals surface area (Å²) in [7, 11) is 0. The number of anilines is 1. The first-order valence-corrected chi connectivity index (χ1v) is 7.48. The molecule has 0 aliphatic carbocycles. The van der Waals surface area contributed by atoms with Crippen molar-refractivity contribution >= 4 is 29.5 Å². The lowest BCUT2D eigenvalue weighted by atomic mass is 9.92. The molecular weight excluding hydrogens is 280 g/mol. The first-order valence-electron chi connectivity index (χ1n) is 6.33. The van der Waals surface area contributed by atoms with Crippen LogP contribution in [0, 0.1) is 0 Å². The fourth-order valence-electron chi connectivity index (χ4n) is 1.29. The zero-order valence-corrected chi connectivity index (χ0v) is 13.0. The average molecular weight is 300 g/mol. The van der Waals surface area contributed by atoms with Gasteiger partial charge in [-0.1, -0.05) is 25.9 Å². The minimum absolute atomic E-state index is 0.134. The SMILES string of the molecule is CCOC(=O)CSCC(=O)Nc1cc(C(C)(C)C)no1. The minimum atomic E-state index is -0.319. The Bertz CT molecular complexity index is 465. The monoisotopic (exact) mass is 300 g/mol. The molecule has 1 N–H and O–H groups in total. The standard InChI is InChI=1S/C13H20N2O4S/c1-5-18-12(17)8-20-7-10(16)14-11-6-9(15-19-11)13(2,3)4/h6H,5,7-8H2,1-4H3,(H,14,16). The van der Waals surface area contributed by atoms with Crippen LogP contribution in [0.15, 0.2) is 10.6 Å². The molecule has 0 aliphatic heterocycles. The van der Waals surface area contributed by atoms with Gasteiger partial charge in [-0.15, -0.1) is 11.8 Å². The highest BCUT2D eigenvalue weighted by Crippen LogP contribution is 2.23. The maximum Gasteiger partial charge on any atom is 0.315 e. The lowest BCUT2D eigenvalue weighted by molar-refractivity contribution is -0.139. The Labute approximate surface area is 122 Å². The van der Waals surface area contributed by atoms with Gasteiger partial charge in [0.05, 0.1) is 23.8 Å². The van der Waals surface area contributed by atoms with E-state index in [-0.39, 0.29) is 28.8 Å². The van der Waals surface area contributed by atoms with Gasteiger partial charge < -0.3 is 9.26 Å². The number of esters is 1. The number of ether oxygens (including phenoxy) is 1. The van der Waals surface area contributed by atoms with Crippen molar-refractivity contribution in [2.75, 3.05) is 23.4 Å². The molecule has 0 saturated heterocycles. The molecule has 1 amide bonds. The fraction of sp³-hybridized carbons (Fsp3) is 0.615. The Balaban J connectivity index is 2.36. The van der Waals surface area contributed by atoms with Gasteiger partial charge in [0.15, 0.2) is 0 Å². The van der Waals surface area contributed by atoms with Crippen LogP contribution in [-0.4, -0.2) is 35.1 Å². The van der Waals surface area contributed by atoms with Crippen LogP contribution in [0.5, 0.6) is 0 Å². The van der Waals surface area contributed by atoms with Crippen LogP contribution in [-0.2, 0) is 19.7 Å². The van der Waals surface area contributed by atoms with Crippen molar-refractivity contribution < 1.29 is 18.8 Å².